The highest BCUT2D eigenvalue weighted by molar-refractivity contribution is 6.06. The van der Waals surface area contributed by atoms with Gasteiger partial charge in [0.1, 0.15) is 0 Å². The van der Waals surface area contributed by atoms with E-state index in [0.29, 0.717) is 18.5 Å². The lowest BCUT2D eigenvalue weighted by atomic mass is 9.94. The van der Waals surface area contributed by atoms with E-state index in [2.05, 4.69) is 36.8 Å². The summed E-state index contributed by atoms with van der Waals surface area (Å²) in [6.07, 6.45) is 0.872. The van der Waals surface area contributed by atoms with Gasteiger partial charge in [-0.05, 0) is 35.4 Å². The van der Waals surface area contributed by atoms with Crippen LogP contribution in [0.1, 0.15) is 37.8 Å². The van der Waals surface area contributed by atoms with Gasteiger partial charge in [-0.1, -0.05) is 43.3 Å². The van der Waals surface area contributed by atoms with Gasteiger partial charge in [0.05, 0.1) is 22.8 Å². The van der Waals surface area contributed by atoms with E-state index in [1.165, 1.54) is 0 Å². The monoisotopic (exact) mass is 417 g/mol. The Morgan fingerprint density at radius 1 is 0.806 bits per heavy atom. The molecule has 0 bridgehead atoms. The highest BCUT2D eigenvalue weighted by Crippen LogP contribution is 2.21. The normalized spacial score (nSPS) is 21.2. The van der Waals surface area contributed by atoms with Crippen molar-refractivity contribution in [3.05, 3.63) is 59.7 Å². The predicted molar refractivity (Wildman–Crippen MR) is 118 cm³/mol. The van der Waals surface area contributed by atoms with Crippen molar-refractivity contribution in [2.24, 2.45) is 32.4 Å². The Morgan fingerprint density at radius 3 is 1.77 bits per heavy atom. The minimum atomic E-state index is -0.0613. The molecule has 0 aromatic heterocycles. The van der Waals surface area contributed by atoms with Gasteiger partial charge in [0.2, 0.25) is 11.8 Å². The molecule has 2 amide bonds. The SMILES string of the molecule is C[C@@H]1CC(=O)NN=C1c1ccc(N=NNc2ccc(C3=NNC(=O)C[C@H]3C)cc2)cc1. The lowest BCUT2D eigenvalue weighted by Crippen LogP contribution is -2.31. The van der Waals surface area contributed by atoms with Crippen LogP contribution >= 0.6 is 0 Å². The Kier molecular flexibility index (Phi) is 5.83. The molecule has 9 heteroatoms. The molecule has 0 saturated carbocycles. The van der Waals surface area contributed by atoms with Crippen LogP contribution in [0.15, 0.2) is 69.1 Å². The number of nitrogens with one attached hydrogen (secondary N) is 3. The largest absolute Gasteiger partial charge is 0.273 e. The summed E-state index contributed by atoms with van der Waals surface area (Å²) in [5.74, 6) is 0.0310. The van der Waals surface area contributed by atoms with E-state index in [0.717, 1.165) is 28.2 Å². The first-order valence-electron chi connectivity index (χ1n) is 10.1. The van der Waals surface area contributed by atoms with Gasteiger partial charge in [-0.25, -0.2) is 10.9 Å². The van der Waals surface area contributed by atoms with Gasteiger partial charge in [0, 0.05) is 24.7 Å². The molecule has 0 fully saturated rings. The number of hydrazone groups is 2. The van der Waals surface area contributed by atoms with Gasteiger partial charge in [0.25, 0.3) is 0 Å². The van der Waals surface area contributed by atoms with E-state index in [9.17, 15) is 9.59 Å². The molecular formula is C22H23N7O2. The van der Waals surface area contributed by atoms with Crippen molar-refractivity contribution < 1.29 is 9.59 Å². The second-order valence-electron chi connectivity index (χ2n) is 7.71. The molecule has 158 valence electrons. The third-order valence-corrected chi connectivity index (χ3v) is 5.21. The minimum Gasteiger partial charge on any atom is -0.273 e. The van der Waals surface area contributed by atoms with Gasteiger partial charge in [-0.3, -0.25) is 15.0 Å². The molecule has 2 heterocycles. The molecule has 2 atom stereocenters. The number of carbonyl (C=O) groups is 2. The number of benzene rings is 2. The highest BCUT2D eigenvalue weighted by Gasteiger charge is 2.22. The summed E-state index contributed by atoms with van der Waals surface area (Å²) in [6.45, 7) is 3.97. The molecule has 0 aliphatic carbocycles. The maximum Gasteiger partial charge on any atom is 0.240 e. The van der Waals surface area contributed by atoms with Gasteiger partial charge in [0.15, 0.2) is 0 Å². The molecule has 2 aromatic carbocycles. The van der Waals surface area contributed by atoms with E-state index in [1.54, 1.807) is 0 Å². The maximum atomic E-state index is 11.4. The standard InChI is InChI=1S/C22H23N7O2/c1-13-11-19(30)25-27-21(13)15-3-7-17(8-4-15)23-29-24-18-9-5-16(6-10-18)22-14(2)12-20(31)26-28-22/h3-10,13-14H,11-12H2,1-2H3,(H,23,24)(H,25,30)(H,26,31)/t13-,14-/m1/s1. The number of anilines is 1. The average Bonchev–Trinajstić information content (AvgIpc) is 2.75. The Bertz CT molecular complexity index is 1070. The molecule has 2 aliphatic heterocycles. The fourth-order valence-electron chi connectivity index (χ4n) is 3.56. The summed E-state index contributed by atoms with van der Waals surface area (Å²) in [5.41, 5.74) is 13.1. The molecule has 2 aliphatic rings. The van der Waals surface area contributed by atoms with Gasteiger partial charge < -0.3 is 0 Å². The topological polar surface area (TPSA) is 120 Å². The molecule has 9 nitrogen and oxygen atoms in total. The molecule has 31 heavy (non-hydrogen) atoms. The van der Waals surface area contributed by atoms with Crippen molar-refractivity contribution >= 4 is 34.6 Å². The van der Waals surface area contributed by atoms with Crippen LogP contribution in [0.2, 0.25) is 0 Å². The predicted octanol–water partition coefficient (Wildman–Crippen LogP) is 3.52. The van der Waals surface area contributed by atoms with Crippen LogP contribution < -0.4 is 16.3 Å². The first-order chi connectivity index (χ1) is 15.0. The van der Waals surface area contributed by atoms with Crippen molar-refractivity contribution in [3.8, 4) is 0 Å². The molecule has 2 aromatic rings. The van der Waals surface area contributed by atoms with Gasteiger partial charge in [-0.2, -0.15) is 10.2 Å². The van der Waals surface area contributed by atoms with Crippen LogP contribution in [0.4, 0.5) is 11.4 Å². The number of hydrogen-bond donors (Lipinski definition) is 3. The lowest BCUT2D eigenvalue weighted by molar-refractivity contribution is -0.122. The number of amides is 2. The molecule has 0 spiro atoms. The molecular weight excluding hydrogens is 394 g/mol. The van der Waals surface area contributed by atoms with E-state index in [1.807, 2.05) is 62.4 Å². The van der Waals surface area contributed by atoms with Crippen LogP contribution in [-0.2, 0) is 9.59 Å². The number of rotatable bonds is 5. The summed E-state index contributed by atoms with van der Waals surface area (Å²) < 4.78 is 0. The zero-order chi connectivity index (χ0) is 21.8. The first-order valence-corrected chi connectivity index (χ1v) is 10.1. The second-order valence-corrected chi connectivity index (χ2v) is 7.71. The van der Waals surface area contributed by atoms with Crippen molar-refractivity contribution in [1.29, 1.82) is 0 Å². The lowest BCUT2D eigenvalue weighted by Gasteiger charge is -2.19. The molecule has 0 unspecified atom stereocenters. The third-order valence-electron chi connectivity index (χ3n) is 5.21. The van der Waals surface area contributed by atoms with Crippen LogP contribution in [-0.4, -0.2) is 23.2 Å². The molecule has 0 saturated heterocycles. The average molecular weight is 417 g/mol. The van der Waals surface area contributed by atoms with Crippen molar-refractivity contribution in [2.45, 2.75) is 26.7 Å². The minimum absolute atomic E-state index is 0.0593. The Morgan fingerprint density at radius 2 is 1.29 bits per heavy atom. The van der Waals surface area contributed by atoms with Gasteiger partial charge >= 0.3 is 0 Å². The molecule has 4 rings (SSSR count). The Hall–Kier alpha value is -3.88. The zero-order valence-electron chi connectivity index (χ0n) is 17.3. The quantitative estimate of drug-likeness (QED) is 0.510. The van der Waals surface area contributed by atoms with Crippen LogP contribution in [0.5, 0.6) is 0 Å². The first kappa shape index (κ1) is 20.4. The number of hydrogen-bond acceptors (Lipinski definition) is 6. The Balaban J connectivity index is 1.37. The summed E-state index contributed by atoms with van der Waals surface area (Å²) in [5, 5.41) is 16.6. The maximum absolute atomic E-state index is 11.4. The summed E-state index contributed by atoms with van der Waals surface area (Å²) in [4.78, 5) is 22.8. The highest BCUT2D eigenvalue weighted by atomic mass is 16.2. The zero-order valence-corrected chi connectivity index (χ0v) is 17.3. The van der Waals surface area contributed by atoms with E-state index < -0.39 is 0 Å². The van der Waals surface area contributed by atoms with E-state index in [-0.39, 0.29) is 23.7 Å². The fourth-order valence-corrected chi connectivity index (χ4v) is 3.56. The smallest absolute Gasteiger partial charge is 0.240 e. The van der Waals surface area contributed by atoms with Crippen LogP contribution in [0.3, 0.4) is 0 Å². The number of nitrogens with zero attached hydrogens (tertiary/aromatic N) is 4. The van der Waals surface area contributed by atoms with Crippen LogP contribution in [0.25, 0.3) is 0 Å². The summed E-state index contributed by atoms with van der Waals surface area (Å²) in [7, 11) is 0. The summed E-state index contributed by atoms with van der Waals surface area (Å²) >= 11 is 0. The third kappa shape index (κ3) is 4.82. The fraction of sp³-hybridized carbons (Fsp3) is 0.273. The number of carbonyl (C=O) groups excluding carboxylic acids is 2. The van der Waals surface area contributed by atoms with E-state index in [4.69, 9.17) is 0 Å². The molecule has 3 N–H and O–H groups in total. The van der Waals surface area contributed by atoms with Crippen molar-refractivity contribution in [3.63, 3.8) is 0 Å². The van der Waals surface area contributed by atoms with Crippen molar-refractivity contribution in [2.75, 3.05) is 5.43 Å². The summed E-state index contributed by atoms with van der Waals surface area (Å²) in [6, 6.07) is 15.2. The van der Waals surface area contributed by atoms with Crippen LogP contribution in [0, 0.1) is 11.8 Å². The van der Waals surface area contributed by atoms with Gasteiger partial charge in [-0.15, -0.1) is 5.11 Å². The van der Waals surface area contributed by atoms with Crippen molar-refractivity contribution in [1.82, 2.24) is 10.9 Å². The second kappa shape index (κ2) is 8.86. The van der Waals surface area contributed by atoms with E-state index >= 15 is 0 Å². The Labute approximate surface area is 179 Å². The molecule has 0 radical (unpaired) electrons.